The van der Waals surface area contributed by atoms with Gasteiger partial charge in [-0.3, -0.25) is 4.68 Å². The van der Waals surface area contributed by atoms with Gasteiger partial charge in [0.25, 0.3) is 0 Å². The molecule has 116 valence electrons. The van der Waals surface area contributed by atoms with Gasteiger partial charge in [0.1, 0.15) is 0 Å². The molecule has 2 N–H and O–H groups in total. The Kier molecular flexibility index (Phi) is 5.21. The lowest BCUT2D eigenvalue weighted by Crippen LogP contribution is -2.50. The molecule has 1 heterocycles. The highest BCUT2D eigenvalue weighted by molar-refractivity contribution is 5.09. The van der Waals surface area contributed by atoms with Gasteiger partial charge in [0.05, 0.1) is 24.4 Å². The van der Waals surface area contributed by atoms with E-state index in [0.717, 1.165) is 12.4 Å². The minimum absolute atomic E-state index is 0.0943. The summed E-state index contributed by atoms with van der Waals surface area (Å²) in [6.45, 7) is 7.44. The maximum atomic E-state index is 12.5. The Bertz CT molecular complexity index is 431. The highest BCUT2D eigenvalue weighted by atomic mass is 19.4. The molecule has 1 rings (SSSR count). The molecule has 20 heavy (non-hydrogen) atoms. The quantitative estimate of drug-likeness (QED) is 0.847. The number of aliphatic hydroxyl groups is 1. The molecule has 4 nitrogen and oxygen atoms in total. The first kappa shape index (κ1) is 17.0. The second-order valence-electron chi connectivity index (χ2n) is 5.78. The standard InChI is InChI=1S/C13H22F3N3O/c1-9(2)18-12(4,8-20)5-10(3)19-7-11(6-17-19)13(14,15)16/h6-7,9-10,18,20H,5,8H2,1-4H3. The highest BCUT2D eigenvalue weighted by Crippen LogP contribution is 2.30. The summed E-state index contributed by atoms with van der Waals surface area (Å²) in [5.41, 5.74) is -1.32. The van der Waals surface area contributed by atoms with Crippen molar-refractivity contribution >= 4 is 0 Å². The van der Waals surface area contributed by atoms with E-state index in [1.54, 1.807) is 6.92 Å². The molecule has 0 spiro atoms. The molecule has 0 fully saturated rings. The van der Waals surface area contributed by atoms with Crippen molar-refractivity contribution in [3.05, 3.63) is 18.0 Å². The number of aliphatic hydroxyl groups excluding tert-OH is 1. The molecule has 0 aliphatic rings. The monoisotopic (exact) mass is 293 g/mol. The van der Waals surface area contributed by atoms with E-state index in [1.807, 2.05) is 20.8 Å². The second kappa shape index (κ2) is 6.13. The number of hydrogen-bond acceptors (Lipinski definition) is 3. The van der Waals surface area contributed by atoms with Gasteiger partial charge in [-0.05, 0) is 20.3 Å². The van der Waals surface area contributed by atoms with Crippen molar-refractivity contribution in [2.45, 2.75) is 57.9 Å². The maximum absolute atomic E-state index is 12.5. The van der Waals surface area contributed by atoms with E-state index in [2.05, 4.69) is 10.4 Å². The zero-order valence-corrected chi connectivity index (χ0v) is 12.2. The largest absolute Gasteiger partial charge is 0.419 e. The number of aromatic nitrogens is 2. The van der Waals surface area contributed by atoms with Crippen LogP contribution in [0.4, 0.5) is 13.2 Å². The molecule has 0 saturated heterocycles. The number of rotatable bonds is 6. The van der Waals surface area contributed by atoms with E-state index in [-0.39, 0.29) is 18.7 Å². The molecule has 0 aromatic carbocycles. The van der Waals surface area contributed by atoms with E-state index in [1.165, 1.54) is 4.68 Å². The molecule has 0 aliphatic carbocycles. The molecule has 0 radical (unpaired) electrons. The Morgan fingerprint density at radius 2 is 1.95 bits per heavy atom. The average Bonchev–Trinajstić information content (AvgIpc) is 2.76. The average molecular weight is 293 g/mol. The van der Waals surface area contributed by atoms with Gasteiger partial charge in [-0.15, -0.1) is 0 Å². The van der Waals surface area contributed by atoms with Crippen molar-refractivity contribution in [2.24, 2.45) is 0 Å². The van der Waals surface area contributed by atoms with Crippen molar-refractivity contribution in [3.63, 3.8) is 0 Å². The molecule has 7 heteroatoms. The lowest BCUT2D eigenvalue weighted by atomic mass is 9.93. The Morgan fingerprint density at radius 1 is 1.35 bits per heavy atom. The summed E-state index contributed by atoms with van der Waals surface area (Å²) in [6, 6.07) is -0.0859. The summed E-state index contributed by atoms with van der Waals surface area (Å²) in [5.74, 6) is 0. The van der Waals surface area contributed by atoms with Gasteiger partial charge in [-0.2, -0.15) is 18.3 Å². The summed E-state index contributed by atoms with van der Waals surface area (Å²) in [6.07, 6.45) is -2.09. The van der Waals surface area contributed by atoms with Crippen LogP contribution in [0.25, 0.3) is 0 Å². The minimum atomic E-state index is -4.38. The summed E-state index contributed by atoms with van der Waals surface area (Å²) in [5, 5.41) is 16.5. The fraction of sp³-hybridized carbons (Fsp3) is 0.769. The normalized spacial score (nSPS) is 17.2. The van der Waals surface area contributed by atoms with Crippen LogP contribution in [0, 0.1) is 0 Å². The summed E-state index contributed by atoms with van der Waals surface area (Å²) in [7, 11) is 0. The SMILES string of the molecule is CC(C)NC(C)(CO)CC(C)n1cc(C(F)(F)F)cn1. The molecule has 0 bridgehead atoms. The smallest absolute Gasteiger partial charge is 0.394 e. The van der Waals surface area contributed by atoms with Crippen molar-refractivity contribution in [1.29, 1.82) is 0 Å². The molecular formula is C13H22F3N3O. The third kappa shape index (κ3) is 4.49. The number of nitrogens with one attached hydrogen (secondary N) is 1. The van der Waals surface area contributed by atoms with Gasteiger partial charge in [-0.1, -0.05) is 13.8 Å². The molecule has 0 aliphatic heterocycles. The van der Waals surface area contributed by atoms with Crippen molar-refractivity contribution in [2.75, 3.05) is 6.61 Å². The second-order valence-corrected chi connectivity index (χ2v) is 5.78. The Labute approximate surface area is 117 Å². The summed E-state index contributed by atoms with van der Waals surface area (Å²) < 4.78 is 38.9. The first-order valence-electron chi connectivity index (χ1n) is 6.57. The van der Waals surface area contributed by atoms with Crippen LogP contribution < -0.4 is 5.32 Å². The van der Waals surface area contributed by atoms with Gasteiger partial charge in [0, 0.05) is 17.8 Å². The van der Waals surface area contributed by atoms with Gasteiger partial charge >= 0.3 is 6.18 Å². The molecular weight excluding hydrogens is 271 g/mol. The van der Waals surface area contributed by atoms with Gasteiger partial charge < -0.3 is 10.4 Å². The minimum Gasteiger partial charge on any atom is -0.394 e. The van der Waals surface area contributed by atoms with E-state index in [4.69, 9.17) is 0 Å². The fourth-order valence-electron chi connectivity index (χ4n) is 2.34. The molecule has 1 aromatic heterocycles. The Balaban J connectivity index is 2.79. The van der Waals surface area contributed by atoms with Crippen LogP contribution in [-0.4, -0.2) is 33.1 Å². The summed E-state index contributed by atoms with van der Waals surface area (Å²) >= 11 is 0. The predicted molar refractivity (Wildman–Crippen MR) is 70.3 cm³/mol. The third-order valence-electron chi connectivity index (χ3n) is 3.11. The first-order chi connectivity index (χ1) is 9.07. The van der Waals surface area contributed by atoms with Gasteiger partial charge in [0.2, 0.25) is 0 Å². The molecule has 2 atom stereocenters. The number of halogens is 3. The van der Waals surface area contributed by atoms with Crippen LogP contribution in [-0.2, 0) is 6.18 Å². The van der Waals surface area contributed by atoms with Crippen molar-refractivity contribution in [1.82, 2.24) is 15.1 Å². The summed E-state index contributed by atoms with van der Waals surface area (Å²) in [4.78, 5) is 0. The highest BCUT2D eigenvalue weighted by Gasteiger charge is 2.33. The zero-order chi connectivity index (χ0) is 15.6. The maximum Gasteiger partial charge on any atom is 0.419 e. The number of hydrogen-bond donors (Lipinski definition) is 2. The third-order valence-corrected chi connectivity index (χ3v) is 3.11. The van der Waals surface area contributed by atoms with Gasteiger partial charge in [-0.25, -0.2) is 0 Å². The number of nitrogens with zero attached hydrogens (tertiary/aromatic N) is 2. The molecule has 0 amide bonds. The topological polar surface area (TPSA) is 50.1 Å². The van der Waals surface area contributed by atoms with E-state index in [0.29, 0.717) is 6.42 Å². The first-order valence-corrected chi connectivity index (χ1v) is 6.57. The van der Waals surface area contributed by atoms with Crippen LogP contribution >= 0.6 is 0 Å². The Morgan fingerprint density at radius 3 is 2.35 bits per heavy atom. The van der Waals surface area contributed by atoms with Crippen LogP contribution in [0.3, 0.4) is 0 Å². The molecule has 2 unspecified atom stereocenters. The van der Waals surface area contributed by atoms with Gasteiger partial charge in [0.15, 0.2) is 0 Å². The molecule has 0 saturated carbocycles. The van der Waals surface area contributed by atoms with Crippen LogP contribution in [0.15, 0.2) is 12.4 Å². The van der Waals surface area contributed by atoms with Crippen molar-refractivity contribution < 1.29 is 18.3 Å². The van der Waals surface area contributed by atoms with Crippen LogP contribution in [0.2, 0.25) is 0 Å². The van der Waals surface area contributed by atoms with E-state index >= 15 is 0 Å². The predicted octanol–water partition coefficient (Wildman–Crippen LogP) is 2.60. The van der Waals surface area contributed by atoms with E-state index in [9.17, 15) is 18.3 Å². The molecule has 1 aromatic rings. The van der Waals surface area contributed by atoms with E-state index < -0.39 is 17.3 Å². The lowest BCUT2D eigenvalue weighted by molar-refractivity contribution is -0.137. The Hall–Kier alpha value is -1.08. The zero-order valence-electron chi connectivity index (χ0n) is 12.2. The number of alkyl halides is 3. The van der Waals surface area contributed by atoms with Crippen LogP contribution in [0.1, 0.15) is 45.7 Å². The van der Waals surface area contributed by atoms with Crippen molar-refractivity contribution in [3.8, 4) is 0 Å². The van der Waals surface area contributed by atoms with Crippen LogP contribution in [0.5, 0.6) is 0 Å². The fourth-order valence-corrected chi connectivity index (χ4v) is 2.34. The lowest BCUT2D eigenvalue weighted by Gasteiger charge is -2.33.